The lowest BCUT2D eigenvalue weighted by atomic mass is 10.1. The maximum absolute atomic E-state index is 11.4. The van der Waals surface area contributed by atoms with Crippen molar-refractivity contribution in [2.75, 3.05) is 21.0 Å². The van der Waals surface area contributed by atoms with Crippen LogP contribution in [0.3, 0.4) is 0 Å². The van der Waals surface area contributed by atoms with Gasteiger partial charge in [-0.2, -0.15) is 0 Å². The van der Waals surface area contributed by atoms with Gasteiger partial charge < -0.3 is 19.1 Å². The summed E-state index contributed by atoms with van der Waals surface area (Å²) in [6, 6.07) is 5.87. The maximum atomic E-state index is 11.4. The number of hydrogen-bond acceptors (Lipinski definition) is 4. The molecular formula is C13H17NO4. The average molecular weight is 251 g/mol. The van der Waals surface area contributed by atoms with Crippen LogP contribution in [0.25, 0.3) is 0 Å². The zero-order chi connectivity index (χ0) is 13.1. The summed E-state index contributed by atoms with van der Waals surface area (Å²) in [5, 5.41) is 0. The van der Waals surface area contributed by atoms with E-state index >= 15 is 0 Å². The zero-order valence-corrected chi connectivity index (χ0v) is 10.8. The van der Waals surface area contributed by atoms with Gasteiger partial charge in [0.25, 0.3) is 0 Å². The van der Waals surface area contributed by atoms with E-state index in [1.807, 2.05) is 25.1 Å². The molecule has 5 heteroatoms. The smallest absolute Gasteiger partial charge is 0.409 e. The second-order valence-electron chi connectivity index (χ2n) is 4.32. The number of amides is 1. The van der Waals surface area contributed by atoms with E-state index in [0.717, 1.165) is 23.5 Å². The number of likely N-dealkylation sites (N-methyl/N-ethyl adjacent to an activating group) is 1. The molecule has 1 heterocycles. The molecule has 0 bridgehead atoms. The zero-order valence-electron chi connectivity index (χ0n) is 10.8. The third kappa shape index (κ3) is 2.50. The molecule has 0 fully saturated rings. The van der Waals surface area contributed by atoms with Crippen LogP contribution in [-0.4, -0.2) is 38.0 Å². The van der Waals surface area contributed by atoms with Crippen LogP contribution >= 0.6 is 0 Å². The van der Waals surface area contributed by atoms with Crippen molar-refractivity contribution in [2.45, 2.75) is 19.4 Å². The summed E-state index contributed by atoms with van der Waals surface area (Å²) in [6.07, 6.45) is 0.408. The van der Waals surface area contributed by atoms with Gasteiger partial charge in [0.2, 0.25) is 6.79 Å². The first-order chi connectivity index (χ1) is 8.61. The first-order valence-corrected chi connectivity index (χ1v) is 5.81. The molecule has 5 nitrogen and oxygen atoms in total. The summed E-state index contributed by atoms with van der Waals surface area (Å²) in [7, 11) is 3.11. The topological polar surface area (TPSA) is 48.0 Å². The molecule has 98 valence electrons. The van der Waals surface area contributed by atoms with Gasteiger partial charge in [-0.3, -0.25) is 0 Å². The lowest BCUT2D eigenvalue weighted by Crippen LogP contribution is -2.36. The fourth-order valence-electron chi connectivity index (χ4n) is 1.87. The highest BCUT2D eigenvalue weighted by Gasteiger charge is 2.18. The Balaban J connectivity index is 2.03. The van der Waals surface area contributed by atoms with Gasteiger partial charge in [-0.05, 0) is 31.0 Å². The average Bonchev–Trinajstić information content (AvgIpc) is 2.84. The molecule has 1 atom stereocenters. The minimum absolute atomic E-state index is 0.0535. The first-order valence-electron chi connectivity index (χ1n) is 5.81. The third-order valence-corrected chi connectivity index (χ3v) is 3.09. The molecule has 2 rings (SSSR count). The van der Waals surface area contributed by atoms with E-state index in [1.54, 1.807) is 11.9 Å². The van der Waals surface area contributed by atoms with E-state index in [2.05, 4.69) is 4.74 Å². The summed E-state index contributed by atoms with van der Waals surface area (Å²) in [5.74, 6) is 1.54. The Bertz CT molecular complexity index is 447. The predicted molar refractivity (Wildman–Crippen MR) is 65.9 cm³/mol. The molecule has 0 saturated carbocycles. The van der Waals surface area contributed by atoms with E-state index in [4.69, 9.17) is 9.47 Å². The van der Waals surface area contributed by atoms with Gasteiger partial charge in [-0.15, -0.1) is 0 Å². The molecular weight excluding hydrogens is 234 g/mol. The van der Waals surface area contributed by atoms with Crippen LogP contribution in [0.5, 0.6) is 11.5 Å². The summed E-state index contributed by atoms with van der Waals surface area (Å²) < 4.78 is 15.3. The number of benzene rings is 1. The van der Waals surface area contributed by atoms with Gasteiger partial charge in [0.15, 0.2) is 11.5 Å². The van der Waals surface area contributed by atoms with Crippen LogP contribution in [0.1, 0.15) is 12.5 Å². The second kappa shape index (κ2) is 5.16. The van der Waals surface area contributed by atoms with E-state index in [1.165, 1.54) is 7.11 Å². The highest BCUT2D eigenvalue weighted by molar-refractivity contribution is 5.67. The van der Waals surface area contributed by atoms with E-state index in [-0.39, 0.29) is 18.9 Å². The van der Waals surface area contributed by atoms with Crippen LogP contribution in [-0.2, 0) is 11.2 Å². The van der Waals surface area contributed by atoms with Crippen molar-refractivity contribution in [3.05, 3.63) is 23.8 Å². The number of rotatable bonds is 3. The van der Waals surface area contributed by atoms with Gasteiger partial charge in [0, 0.05) is 13.1 Å². The van der Waals surface area contributed by atoms with Crippen molar-refractivity contribution in [1.82, 2.24) is 4.90 Å². The number of methoxy groups -OCH3 is 1. The first kappa shape index (κ1) is 12.5. The quantitative estimate of drug-likeness (QED) is 0.825. The van der Waals surface area contributed by atoms with Crippen LogP contribution in [0, 0.1) is 0 Å². The number of hydrogen-bond donors (Lipinski definition) is 0. The normalized spacial score (nSPS) is 14.2. The number of fused-ring (bicyclic) bond motifs is 1. The summed E-state index contributed by atoms with van der Waals surface area (Å²) in [5.41, 5.74) is 1.10. The standard InChI is InChI=1S/C13H17NO4/c1-9(14(2)13(15)16-3)6-10-4-5-11-12(7-10)18-8-17-11/h4-5,7,9H,6,8H2,1-3H3. The number of nitrogens with zero attached hydrogens (tertiary/aromatic N) is 1. The fraction of sp³-hybridized carbons (Fsp3) is 0.462. The molecule has 1 amide bonds. The third-order valence-electron chi connectivity index (χ3n) is 3.09. The number of carbonyl (C=O) groups excluding carboxylic acids is 1. The van der Waals surface area contributed by atoms with Gasteiger partial charge in [0.1, 0.15) is 0 Å². The molecule has 0 radical (unpaired) electrons. The highest BCUT2D eigenvalue weighted by Crippen LogP contribution is 2.32. The Morgan fingerprint density at radius 1 is 1.44 bits per heavy atom. The van der Waals surface area contributed by atoms with E-state index in [0.29, 0.717) is 0 Å². The van der Waals surface area contributed by atoms with Gasteiger partial charge >= 0.3 is 6.09 Å². The van der Waals surface area contributed by atoms with Crippen molar-refractivity contribution < 1.29 is 19.0 Å². The van der Waals surface area contributed by atoms with E-state index < -0.39 is 0 Å². The minimum atomic E-state index is -0.330. The number of carbonyl (C=O) groups is 1. The van der Waals surface area contributed by atoms with Crippen molar-refractivity contribution in [1.29, 1.82) is 0 Å². The minimum Gasteiger partial charge on any atom is -0.454 e. The van der Waals surface area contributed by atoms with Crippen molar-refractivity contribution in [2.24, 2.45) is 0 Å². The monoisotopic (exact) mass is 251 g/mol. The molecule has 1 aromatic carbocycles. The van der Waals surface area contributed by atoms with Gasteiger partial charge in [0.05, 0.1) is 7.11 Å². The van der Waals surface area contributed by atoms with Gasteiger partial charge in [-0.25, -0.2) is 4.79 Å². The molecule has 18 heavy (non-hydrogen) atoms. The van der Waals surface area contributed by atoms with Crippen molar-refractivity contribution in [3.63, 3.8) is 0 Å². The van der Waals surface area contributed by atoms with E-state index in [9.17, 15) is 4.79 Å². The summed E-state index contributed by atoms with van der Waals surface area (Å²) in [6.45, 7) is 2.25. The molecule has 0 spiro atoms. The lowest BCUT2D eigenvalue weighted by molar-refractivity contribution is 0.120. The van der Waals surface area contributed by atoms with Crippen LogP contribution in [0.4, 0.5) is 4.79 Å². The Labute approximate surface area is 106 Å². The Hall–Kier alpha value is -1.91. The van der Waals surface area contributed by atoms with Crippen LogP contribution in [0.15, 0.2) is 18.2 Å². The molecule has 0 aromatic heterocycles. The molecule has 1 aliphatic heterocycles. The maximum Gasteiger partial charge on any atom is 0.409 e. The molecule has 1 aliphatic rings. The lowest BCUT2D eigenvalue weighted by Gasteiger charge is -2.23. The summed E-state index contributed by atoms with van der Waals surface area (Å²) in [4.78, 5) is 13.0. The van der Waals surface area contributed by atoms with Crippen molar-refractivity contribution in [3.8, 4) is 11.5 Å². The highest BCUT2D eigenvalue weighted by atomic mass is 16.7. The predicted octanol–water partition coefficient (Wildman–Crippen LogP) is 2.04. The largest absolute Gasteiger partial charge is 0.454 e. The van der Waals surface area contributed by atoms with Gasteiger partial charge in [-0.1, -0.05) is 6.07 Å². The second-order valence-corrected chi connectivity index (χ2v) is 4.32. The molecule has 1 unspecified atom stereocenters. The molecule has 0 saturated heterocycles. The van der Waals surface area contributed by atoms with Crippen molar-refractivity contribution >= 4 is 6.09 Å². The Morgan fingerprint density at radius 3 is 2.89 bits per heavy atom. The summed E-state index contributed by atoms with van der Waals surface area (Å²) >= 11 is 0. The Kier molecular flexibility index (Phi) is 3.60. The Morgan fingerprint density at radius 2 is 2.17 bits per heavy atom. The molecule has 1 aromatic rings. The van der Waals surface area contributed by atoms with Crippen LogP contribution in [0.2, 0.25) is 0 Å². The number of ether oxygens (including phenoxy) is 3. The molecule has 0 aliphatic carbocycles. The fourth-order valence-corrected chi connectivity index (χ4v) is 1.87. The van der Waals surface area contributed by atoms with Crippen LogP contribution < -0.4 is 9.47 Å². The molecule has 0 N–H and O–H groups in total. The SMILES string of the molecule is COC(=O)N(C)C(C)Cc1ccc2c(c1)OCO2.